The zero-order valence-corrected chi connectivity index (χ0v) is 12.3. The fraction of sp³-hybridized carbons (Fsp3) is 0.867. The van der Waals surface area contributed by atoms with Gasteiger partial charge in [0.15, 0.2) is 0 Å². The Morgan fingerprint density at radius 1 is 1.00 bits per heavy atom. The highest BCUT2D eigenvalue weighted by atomic mass is 32.2. The van der Waals surface area contributed by atoms with Crippen LogP contribution in [0.4, 0.5) is 0 Å². The van der Waals surface area contributed by atoms with Gasteiger partial charge < -0.3 is 0 Å². The van der Waals surface area contributed by atoms with Gasteiger partial charge in [0.25, 0.3) is 0 Å². The molecule has 0 aliphatic carbocycles. The van der Waals surface area contributed by atoms with E-state index in [1.54, 1.807) is 0 Å². The number of hydrogen-bond donors (Lipinski definition) is 0. The summed E-state index contributed by atoms with van der Waals surface area (Å²) < 4.78 is 0. The molecule has 0 saturated carbocycles. The van der Waals surface area contributed by atoms with Crippen molar-refractivity contribution in [1.82, 2.24) is 0 Å². The van der Waals surface area contributed by atoms with E-state index >= 15 is 0 Å². The number of hydrogen-bond acceptors (Lipinski definition) is 1. The minimum absolute atomic E-state index is 0.896. The predicted octanol–water partition coefficient (Wildman–Crippen LogP) is 5.68. The summed E-state index contributed by atoms with van der Waals surface area (Å²) in [6.45, 7) is 4.64. The number of allylic oxidation sites excluding steroid dienone is 2. The molecule has 1 heteroatoms. The number of rotatable bonds is 11. The van der Waals surface area contributed by atoms with Crippen LogP contribution in [0.15, 0.2) is 12.2 Å². The van der Waals surface area contributed by atoms with Crippen LogP contribution in [-0.2, 0) is 0 Å². The van der Waals surface area contributed by atoms with Crippen molar-refractivity contribution in [2.45, 2.75) is 65.2 Å². The summed E-state index contributed by atoms with van der Waals surface area (Å²) >= 11 is 1.97. The maximum atomic E-state index is 2.39. The molecule has 16 heavy (non-hydrogen) atoms. The zero-order chi connectivity index (χ0) is 12.1. The van der Waals surface area contributed by atoms with Crippen LogP contribution < -0.4 is 0 Å². The summed E-state index contributed by atoms with van der Waals surface area (Å²) in [4.78, 5) is 0. The topological polar surface area (TPSA) is 0 Å². The van der Waals surface area contributed by atoms with Crippen LogP contribution in [0.3, 0.4) is 0 Å². The quantitative estimate of drug-likeness (QED) is 0.332. The molecule has 1 unspecified atom stereocenters. The summed E-state index contributed by atoms with van der Waals surface area (Å²) in [6.07, 6.45) is 17.8. The predicted molar refractivity (Wildman–Crippen MR) is 79.3 cm³/mol. The molecule has 0 saturated heterocycles. The third-order valence-corrected chi connectivity index (χ3v) is 3.81. The first kappa shape index (κ1) is 16.1. The summed E-state index contributed by atoms with van der Waals surface area (Å²) in [5.41, 5.74) is 0. The molecule has 0 aromatic heterocycles. The Bertz CT molecular complexity index is 152. The fourth-order valence-electron chi connectivity index (χ4n) is 1.88. The van der Waals surface area contributed by atoms with Crippen molar-refractivity contribution in [3.05, 3.63) is 12.2 Å². The number of thioether (sulfide) groups is 1. The van der Waals surface area contributed by atoms with Gasteiger partial charge in [-0.3, -0.25) is 0 Å². The van der Waals surface area contributed by atoms with Crippen LogP contribution in [0.5, 0.6) is 0 Å². The summed E-state index contributed by atoms with van der Waals surface area (Å²) in [6, 6.07) is 0. The molecular formula is C15H30S. The van der Waals surface area contributed by atoms with E-state index in [4.69, 9.17) is 0 Å². The second-order valence-electron chi connectivity index (χ2n) is 4.81. The molecule has 0 rings (SSSR count). The molecule has 96 valence electrons. The smallest absolute Gasteiger partial charge is 0.00445 e. The van der Waals surface area contributed by atoms with E-state index in [1.165, 1.54) is 57.1 Å². The van der Waals surface area contributed by atoms with Gasteiger partial charge in [-0.25, -0.2) is 0 Å². The Balaban J connectivity index is 3.15. The lowest BCUT2D eigenvalue weighted by molar-refractivity contribution is 0.568. The molecule has 0 aromatic rings. The first-order valence-electron chi connectivity index (χ1n) is 6.95. The Kier molecular flexibility index (Phi) is 13.2. The van der Waals surface area contributed by atoms with Gasteiger partial charge in [-0.05, 0) is 50.0 Å². The van der Waals surface area contributed by atoms with Crippen LogP contribution in [0.1, 0.15) is 65.2 Å². The van der Waals surface area contributed by atoms with Crippen molar-refractivity contribution in [2.24, 2.45) is 5.92 Å². The maximum absolute atomic E-state index is 2.39. The monoisotopic (exact) mass is 242 g/mol. The lowest BCUT2D eigenvalue weighted by Crippen LogP contribution is -1.96. The maximum Gasteiger partial charge on any atom is -0.00445 e. The highest BCUT2D eigenvalue weighted by molar-refractivity contribution is 7.98. The van der Waals surface area contributed by atoms with Crippen molar-refractivity contribution in [1.29, 1.82) is 0 Å². The van der Waals surface area contributed by atoms with Gasteiger partial charge in [-0.15, -0.1) is 0 Å². The van der Waals surface area contributed by atoms with E-state index in [9.17, 15) is 0 Å². The molecule has 0 aliphatic rings. The first-order chi connectivity index (χ1) is 7.81. The van der Waals surface area contributed by atoms with Gasteiger partial charge in [0.1, 0.15) is 0 Å². The second-order valence-corrected chi connectivity index (χ2v) is 5.72. The minimum atomic E-state index is 0.896. The van der Waals surface area contributed by atoms with E-state index in [0.29, 0.717) is 0 Å². The normalized spacial score (nSPS) is 13.4. The Morgan fingerprint density at radius 3 is 2.31 bits per heavy atom. The summed E-state index contributed by atoms with van der Waals surface area (Å²) in [7, 11) is 0. The average molecular weight is 242 g/mol. The zero-order valence-electron chi connectivity index (χ0n) is 11.5. The Hall–Kier alpha value is 0.0900. The van der Waals surface area contributed by atoms with Crippen molar-refractivity contribution in [3.63, 3.8) is 0 Å². The van der Waals surface area contributed by atoms with Crippen molar-refractivity contribution < 1.29 is 0 Å². The highest BCUT2D eigenvalue weighted by Gasteiger charge is 1.98. The van der Waals surface area contributed by atoms with Gasteiger partial charge in [-0.1, -0.05) is 45.3 Å². The van der Waals surface area contributed by atoms with Crippen LogP contribution in [-0.4, -0.2) is 12.0 Å². The van der Waals surface area contributed by atoms with Crippen molar-refractivity contribution >= 4 is 11.8 Å². The standard InChI is InChI=1S/C15H30S/c1-4-5-6-7-8-9-10-11-12-13-15(2)14-16-3/h9-10,15H,4-8,11-14H2,1-3H3. The second kappa shape index (κ2) is 13.2. The fourth-order valence-corrected chi connectivity index (χ4v) is 2.61. The molecule has 0 N–H and O–H groups in total. The van der Waals surface area contributed by atoms with Crippen LogP contribution in [0.25, 0.3) is 0 Å². The number of unbranched alkanes of at least 4 members (excludes halogenated alkanes) is 5. The molecule has 0 aromatic carbocycles. The van der Waals surface area contributed by atoms with Crippen molar-refractivity contribution in [2.75, 3.05) is 12.0 Å². The molecule has 0 fully saturated rings. The van der Waals surface area contributed by atoms with Crippen LogP contribution >= 0.6 is 11.8 Å². The lowest BCUT2D eigenvalue weighted by atomic mass is 10.1. The van der Waals surface area contributed by atoms with E-state index in [0.717, 1.165) is 5.92 Å². The summed E-state index contributed by atoms with van der Waals surface area (Å²) in [5, 5.41) is 0. The molecule has 0 nitrogen and oxygen atoms in total. The molecule has 1 atom stereocenters. The average Bonchev–Trinajstić information content (AvgIpc) is 2.27. The summed E-state index contributed by atoms with van der Waals surface area (Å²) in [5.74, 6) is 2.22. The molecule has 0 spiro atoms. The van der Waals surface area contributed by atoms with Gasteiger partial charge in [-0.2, -0.15) is 11.8 Å². The minimum Gasteiger partial charge on any atom is -0.165 e. The molecule has 0 amide bonds. The van der Waals surface area contributed by atoms with Crippen molar-refractivity contribution in [3.8, 4) is 0 Å². The Morgan fingerprint density at radius 2 is 1.69 bits per heavy atom. The molecule has 0 bridgehead atoms. The molecule has 0 radical (unpaired) electrons. The third-order valence-electron chi connectivity index (χ3n) is 2.91. The largest absolute Gasteiger partial charge is 0.165 e. The van der Waals surface area contributed by atoms with Crippen LogP contribution in [0, 0.1) is 5.92 Å². The van der Waals surface area contributed by atoms with Gasteiger partial charge in [0.2, 0.25) is 0 Å². The van der Waals surface area contributed by atoms with Gasteiger partial charge in [0.05, 0.1) is 0 Å². The van der Waals surface area contributed by atoms with Crippen LogP contribution in [0.2, 0.25) is 0 Å². The van der Waals surface area contributed by atoms with E-state index in [-0.39, 0.29) is 0 Å². The third kappa shape index (κ3) is 12.2. The SMILES string of the molecule is CCCCCCC=CCCCC(C)CSC. The molecular weight excluding hydrogens is 212 g/mol. The first-order valence-corrected chi connectivity index (χ1v) is 8.34. The van der Waals surface area contributed by atoms with Gasteiger partial charge in [0, 0.05) is 0 Å². The highest BCUT2D eigenvalue weighted by Crippen LogP contribution is 2.13. The van der Waals surface area contributed by atoms with E-state index < -0.39 is 0 Å². The van der Waals surface area contributed by atoms with Gasteiger partial charge >= 0.3 is 0 Å². The van der Waals surface area contributed by atoms with E-state index in [2.05, 4.69) is 32.3 Å². The van der Waals surface area contributed by atoms with E-state index in [1.807, 2.05) is 11.8 Å². The lowest BCUT2D eigenvalue weighted by Gasteiger charge is -2.07. The molecule has 0 aliphatic heterocycles. The Labute approximate surface area is 107 Å². The molecule has 0 heterocycles.